The number of nitrogen functional groups attached to an aromatic ring is 1. The second-order valence-electron chi connectivity index (χ2n) is 3.90. The molecule has 0 spiro atoms. The Morgan fingerprint density at radius 2 is 2.06 bits per heavy atom. The predicted octanol–water partition coefficient (Wildman–Crippen LogP) is 1.89. The maximum atomic E-state index is 6.00. The van der Waals surface area contributed by atoms with Crippen molar-refractivity contribution in [2.24, 2.45) is 0 Å². The fraction of sp³-hybridized carbons (Fsp3) is 0.455. The molecule has 5 heteroatoms. The quantitative estimate of drug-likeness (QED) is 0.777. The number of nitrogens with two attached hydrogens (primary N) is 1. The summed E-state index contributed by atoms with van der Waals surface area (Å²) < 4.78 is 5.28. The molecule has 0 amide bonds. The third-order valence-electron chi connectivity index (χ3n) is 2.63. The number of halogens is 1. The molecule has 0 unspecified atom stereocenters. The van der Waals surface area contributed by atoms with Crippen molar-refractivity contribution >= 4 is 23.0 Å². The summed E-state index contributed by atoms with van der Waals surface area (Å²) in [4.78, 5) is 0. The molecule has 1 saturated heterocycles. The number of hydrogen-bond acceptors (Lipinski definition) is 4. The van der Waals surface area contributed by atoms with Gasteiger partial charge in [0.05, 0.1) is 29.6 Å². The highest BCUT2D eigenvalue weighted by Gasteiger charge is 2.11. The molecule has 88 valence electrons. The molecule has 1 aromatic carbocycles. The van der Waals surface area contributed by atoms with Crippen molar-refractivity contribution in [1.29, 1.82) is 0 Å². The second kappa shape index (κ2) is 4.91. The Balaban J connectivity index is 2.11. The van der Waals surface area contributed by atoms with E-state index in [0.717, 1.165) is 37.6 Å². The zero-order valence-corrected chi connectivity index (χ0v) is 10.0. The van der Waals surface area contributed by atoms with Crippen LogP contribution < -0.4 is 11.2 Å². The van der Waals surface area contributed by atoms with Gasteiger partial charge in [-0.25, -0.2) is 5.01 Å². The molecule has 0 saturated carbocycles. The summed E-state index contributed by atoms with van der Waals surface area (Å²) in [5.74, 6) is 0. The van der Waals surface area contributed by atoms with Crippen LogP contribution in [0.5, 0.6) is 0 Å². The first-order chi connectivity index (χ1) is 7.66. The van der Waals surface area contributed by atoms with Crippen LogP contribution in [0.3, 0.4) is 0 Å². The van der Waals surface area contributed by atoms with Gasteiger partial charge in [-0.15, -0.1) is 0 Å². The fourth-order valence-electron chi connectivity index (χ4n) is 1.67. The highest BCUT2D eigenvalue weighted by molar-refractivity contribution is 6.33. The average Bonchev–Trinajstić information content (AvgIpc) is 2.27. The number of benzene rings is 1. The minimum atomic E-state index is 0.585. The van der Waals surface area contributed by atoms with Crippen molar-refractivity contribution in [3.05, 3.63) is 22.7 Å². The van der Waals surface area contributed by atoms with Gasteiger partial charge in [-0.3, -0.25) is 0 Å². The van der Waals surface area contributed by atoms with Crippen molar-refractivity contribution in [3.8, 4) is 0 Å². The van der Waals surface area contributed by atoms with Gasteiger partial charge in [-0.2, -0.15) is 0 Å². The Kier molecular flexibility index (Phi) is 3.53. The molecular weight excluding hydrogens is 226 g/mol. The number of anilines is 2. The van der Waals surface area contributed by atoms with E-state index in [1.807, 2.05) is 19.1 Å². The molecule has 1 aromatic rings. The smallest absolute Gasteiger partial charge is 0.0656 e. The number of hydrazine groups is 1. The molecule has 1 aliphatic rings. The van der Waals surface area contributed by atoms with Crippen LogP contribution in [0, 0.1) is 6.92 Å². The average molecular weight is 242 g/mol. The Morgan fingerprint density at radius 1 is 1.38 bits per heavy atom. The molecular formula is C11H16ClN3O. The predicted molar refractivity (Wildman–Crippen MR) is 66.6 cm³/mol. The normalized spacial score (nSPS) is 17.4. The van der Waals surface area contributed by atoms with Gasteiger partial charge in [0.25, 0.3) is 0 Å². The lowest BCUT2D eigenvalue weighted by atomic mass is 10.2. The molecule has 2 rings (SSSR count). The van der Waals surface area contributed by atoms with Gasteiger partial charge in [0.2, 0.25) is 0 Å². The van der Waals surface area contributed by atoms with Crippen molar-refractivity contribution in [2.45, 2.75) is 6.92 Å². The molecule has 1 fully saturated rings. The molecule has 0 atom stereocenters. The van der Waals surface area contributed by atoms with Crippen molar-refractivity contribution in [2.75, 3.05) is 37.5 Å². The van der Waals surface area contributed by atoms with E-state index in [1.165, 1.54) is 0 Å². The van der Waals surface area contributed by atoms with Gasteiger partial charge in [0, 0.05) is 13.1 Å². The molecule has 1 heterocycles. The summed E-state index contributed by atoms with van der Waals surface area (Å²) in [6.45, 7) is 5.28. The van der Waals surface area contributed by atoms with E-state index < -0.39 is 0 Å². The maximum Gasteiger partial charge on any atom is 0.0656 e. The summed E-state index contributed by atoms with van der Waals surface area (Å²) in [6.07, 6.45) is 0. The fourth-order valence-corrected chi connectivity index (χ4v) is 1.83. The summed E-state index contributed by atoms with van der Waals surface area (Å²) in [7, 11) is 0. The van der Waals surface area contributed by atoms with E-state index in [-0.39, 0.29) is 0 Å². The van der Waals surface area contributed by atoms with Gasteiger partial charge in [0.15, 0.2) is 0 Å². The zero-order valence-electron chi connectivity index (χ0n) is 9.29. The minimum absolute atomic E-state index is 0.585. The third kappa shape index (κ3) is 2.58. The second-order valence-corrected chi connectivity index (χ2v) is 4.31. The van der Waals surface area contributed by atoms with E-state index in [1.54, 1.807) is 0 Å². The first-order valence-corrected chi connectivity index (χ1v) is 5.69. The van der Waals surface area contributed by atoms with Crippen LogP contribution >= 0.6 is 11.6 Å². The van der Waals surface area contributed by atoms with E-state index >= 15 is 0 Å². The van der Waals surface area contributed by atoms with Crippen LogP contribution in [0.4, 0.5) is 11.4 Å². The van der Waals surface area contributed by atoms with Gasteiger partial charge < -0.3 is 15.9 Å². The summed E-state index contributed by atoms with van der Waals surface area (Å²) in [5, 5.41) is 2.71. The Bertz CT molecular complexity index is 378. The van der Waals surface area contributed by atoms with Crippen LogP contribution in [0.15, 0.2) is 12.1 Å². The van der Waals surface area contributed by atoms with Crippen LogP contribution in [-0.4, -0.2) is 31.3 Å². The first-order valence-electron chi connectivity index (χ1n) is 5.32. The molecule has 0 radical (unpaired) electrons. The van der Waals surface area contributed by atoms with Crippen molar-refractivity contribution < 1.29 is 4.74 Å². The van der Waals surface area contributed by atoms with Gasteiger partial charge in [-0.05, 0) is 24.6 Å². The number of nitrogens with one attached hydrogen (secondary N) is 1. The zero-order chi connectivity index (χ0) is 11.5. The van der Waals surface area contributed by atoms with E-state index in [0.29, 0.717) is 10.7 Å². The lowest BCUT2D eigenvalue weighted by molar-refractivity contribution is 0.0496. The lowest BCUT2D eigenvalue weighted by Gasteiger charge is -2.28. The van der Waals surface area contributed by atoms with Gasteiger partial charge in [0.1, 0.15) is 0 Å². The Hall–Kier alpha value is -0.970. The van der Waals surface area contributed by atoms with Crippen molar-refractivity contribution in [3.63, 3.8) is 0 Å². The maximum absolute atomic E-state index is 6.00. The molecule has 1 aliphatic heterocycles. The first kappa shape index (κ1) is 11.5. The van der Waals surface area contributed by atoms with E-state index in [9.17, 15) is 0 Å². The number of ether oxygens (including phenoxy) is 1. The third-order valence-corrected chi connectivity index (χ3v) is 2.96. The molecule has 0 aromatic heterocycles. The number of morpholine rings is 1. The molecule has 4 nitrogen and oxygen atoms in total. The number of hydrogen-bond donors (Lipinski definition) is 2. The molecule has 0 bridgehead atoms. The largest absolute Gasteiger partial charge is 0.398 e. The van der Waals surface area contributed by atoms with Gasteiger partial charge in [-0.1, -0.05) is 11.6 Å². The Labute approximate surface area is 100 Å². The molecule has 16 heavy (non-hydrogen) atoms. The molecule has 3 N–H and O–H groups in total. The van der Waals surface area contributed by atoms with Gasteiger partial charge >= 0.3 is 0 Å². The summed E-state index contributed by atoms with van der Waals surface area (Å²) in [5.41, 5.74) is 11.8. The monoisotopic (exact) mass is 241 g/mol. The minimum Gasteiger partial charge on any atom is -0.398 e. The summed E-state index contributed by atoms with van der Waals surface area (Å²) >= 11 is 6.00. The highest BCUT2D eigenvalue weighted by atomic mass is 35.5. The molecule has 0 aliphatic carbocycles. The van der Waals surface area contributed by atoms with Crippen LogP contribution in [0.25, 0.3) is 0 Å². The lowest BCUT2D eigenvalue weighted by Crippen LogP contribution is -2.40. The SMILES string of the molecule is Cc1cc(N)c(Cl)cc1NN1CCOCC1. The number of rotatable bonds is 2. The number of aryl methyl sites for hydroxylation is 1. The van der Waals surface area contributed by atoms with Crippen molar-refractivity contribution in [1.82, 2.24) is 5.01 Å². The summed E-state index contributed by atoms with van der Waals surface area (Å²) in [6, 6.07) is 3.74. The topological polar surface area (TPSA) is 50.5 Å². The standard InChI is InChI=1S/C11H16ClN3O/c1-8-6-10(13)9(12)7-11(8)14-15-2-4-16-5-3-15/h6-7,14H,2-5,13H2,1H3. The number of nitrogens with zero attached hydrogens (tertiary/aromatic N) is 1. The Morgan fingerprint density at radius 3 is 2.75 bits per heavy atom. The highest BCUT2D eigenvalue weighted by Crippen LogP contribution is 2.27. The van der Waals surface area contributed by atoms with E-state index in [2.05, 4.69) is 10.4 Å². The van der Waals surface area contributed by atoms with Crippen LogP contribution in [-0.2, 0) is 4.74 Å². The van der Waals surface area contributed by atoms with Crippen LogP contribution in [0.1, 0.15) is 5.56 Å². The van der Waals surface area contributed by atoms with Crippen LogP contribution in [0.2, 0.25) is 5.02 Å². The van der Waals surface area contributed by atoms with E-state index in [4.69, 9.17) is 22.1 Å².